The standard InChI is InChI=1S/C26H26FN5O2/c1-32-16-21(15-29-32)25(17-3-2-4-22(27)12-17)31-26(33)18-5-6-19-14-28-24(13-20(19)11-18)30-23-7-9-34-10-8-23/h2-6,11-16,23,25H,7-10H2,1H3,(H,28,30)(H,31,33)/t25-/m0/s1. The third kappa shape index (κ3) is 4.92. The maximum Gasteiger partial charge on any atom is 0.252 e. The van der Waals surface area contributed by atoms with Crippen molar-refractivity contribution in [2.24, 2.45) is 7.05 Å². The highest BCUT2D eigenvalue weighted by Gasteiger charge is 2.20. The van der Waals surface area contributed by atoms with Crippen molar-refractivity contribution < 1.29 is 13.9 Å². The fourth-order valence-electron chi connectivity index (χ4n) is 4.26. The smallest absolute Gasteiger partial charge is 0.252 e. The van der Waals surface area contributed by atoms with Crippen LogP contribution in [0, 0.1) is 5.82 Å². The number of rotatable bonds is 6. The number of benzene rings is 2. The van der Waals surface area contributed by atoms with E-state index in [1.165, 1.54) is 12.1 Å². The second-order valence-electron chi connectivity index (χ2n) is 8.57. The summed E-state index contributed by atoms with van der Waals surface area (Å²) in [5, 5.41) is 12.6. The van der Waals surface area contributed by atoms with E-state index in [1.54, 1.807) is 36.1 Å². The van der Waals surface area contributed by atoms with Crippen molar-refractivity contribution in [3.8, 4) is 0 Å². The Kier molecular flexibility index (Phi) is 6.22. The third-order valence-electron chi connectivity index (χ3n) is 6.07. The molecule has 5 rings (SSSR count). The van der Waals surface area contributed by atoms with Gasteiger partial charge in [-0.3, -0.25) is 9.48 Å². The summed E-state index contributed by atoms with van der Waals surface area (Å²) < 4.78 is 21.0. The normalized spacial score (nSPS) is 15.2. The molecule has 0 radical (unpaired) electrons. The molecule has 4 aromatic rings. The fourth-order valence-corrected chi connectivity index (χ4v) is 4.26. The zero-order valence-corrected chi connectivity index (χ0v) is 18.9. The monoisotopic (exact) mass is 459 g/mol. The largest absolute Gasteiger partial charge is 0.381 e. The maximum absolute atomic E-state index is 13.9. The zero-order valence-electron chi connectivity index (χ0n) is 18.9. The molecule has 174 valence electrons. The lowest BCUT2D eigenvalue weighted by Crippen LogP contribution is -2.29. The number of fused-ring (bicyclic) bond motifs is 1. The van der Waals surface area contributed by atoms with Gasteiger partial charge in [0.05, 0.1) is 12.2 Å². The van der Waals surface area contributed by atoms with Crippen molar-refractivity contribution in [2.75, 3.05) is 18.5 Å². The van der Waals surface area contributed by atoms with Crippen molar-refractivity contribution >= 4 is 22.5 Å². The van der Waals surface area contributed by atoms with Crippen LogP contribution in [0.2, 0.25) is 0 Å². The molecular weight excluding hydrogens is 433 g/mol. The highest BCUT2D eigenvalue weighted by atomic mass is 19.1. The van der Waals surface area contributed by atoms with E-state index in [0.717, 1.165) is 48.2 Å². The maximum atomic E-state index is 13.9. The number of aryl methyl sites for hydroxylation is 1. The fraction of sp³-hybridized carbons (Fsp3) is 0.269. The van der Waals surface area contributed by atoms with Gasteiger partial charge in [0.25, 0.3) is 5.91 Å². The Morgan fingerprint density at radius 2 is 1.94 bits per heavy atom. The summed E-state index contributed by atoms with van der Waals surface area (Å²) in [6.45, 7) is 1.50. The molecule has 0 bridgehead atoms. The molecule has 0 spiro atoms. The number of hydrogen-bond acceptors (Lipinski definition) is 5. The Hall–Kier alpha value is -3.78. The number of pyridine rings is 1. The van der Waals surface area contributed by atoms with Crippen LogP contribution in [0.1, 0.15) is 40.4 Å². The van der Waals surface area contributed by atoms with Crippen LogP contribution in [0.15, 0.2) is 67.1 Å². The lowest BCUT2D eigenvalue weighted by atomic mass is 10.0. The number of nitrogens with one attached hydrogen (secondary N) is 2. The number of halogens is 1. The number of carbonyl (C=O) groups is 1. The van der Waals surface area contributed by atoms with Crippen molar-refractivity contribution in [1.82, 2.24) is 20.1 Å². The molecule has 0 aliphatic carbocycles. The summed E-state index contributed by atoms with van der Waals surface area (Å²) in [6.07, 6.45) is 7.19. The Bertz CT molecular complexity index is 1320. The van der Waals surface area contributed by atoms with E-state index in [-0.39, 0.29) is 11.7 Å². The average molecular weight is 460 g/mol. The molecule has 1 saturated heterocycles. The molecule has 2 aromatic carbocycles. The highest BCUT2D eigenvalue weighted by molar-refractivity contribution is 5.99. The predicted octanol–water partition coefficient (Wildman–Crippen LogP) is 4.22. The molecule has 8 heteroatoms. The number of nitrogens with zero attached hydrogens (tertiary/aromatic N) is 3. The number of carbonyl (C=O) groups excluding carboxylic acids is 1. The van der Waals surface area contributed by atoms with E-state index >= 15 is 0 Å². The predicted molar refractivity (Wildman–Crippen MR) is 128 cm³/mol. The summed E-state index contributed by atoms with van der Waals surface area (Å²) >= 11 is 0. The molecule has 1 aliphatic heterocycles. The molecule has 3 heterocycles. The topological polar surface area (TPSA) is 81.1 Å². The van der Waals surface area contributed by atoms with Gasteiger partial charge in [-0.25, -0.2) is 9.37 Å². The van der Waals surface area contributed by atoms with Crippen LogP contribution < -0.4 is 10.6 Å². The van der Waals surface area contributed by atoms with Gasteiger partial charge in [-0.15, -0.1) is 0 Å². The summed E-state index contributed by atoms with van der Waals surface area (Å²) in [6, 6.07) is 13.5. The van der Waals surface area contributed by atoms with E-state index in [1.807, 2.05) is 30.6 Å². The van der Waals surface area contributed by atoms with Crippen LogP contribution >= 0.6 is 0 Å². The van der Waals surface area contributed by atoms with E-state index < -0.39 is 6.04 Å². The molecular formula is C26H26FN5O2. The van der Waals surface area contributed by atoms with Gasteiger partial charge in [-0.1, -0.05) is 18.2 Å². The first kappa shape index (κ1) is 22.0. The molecule has 2 N–H and O–H groups in total. The number of anilines is 1. The summed E-state index contributed by atoms with van der Waals surface area (Å²) in [7, 11) is 1.80. The van der Waals surface area contributed by atoms with Crippen LogP contribution in [0.25, 0.3) is 10.8 Å². The summed E-state index contributed by atoms with van der Waals surface area (Å²) in [5.74, 6) is 0.170. The van der Waals surface area contributed by atoms with Gasteiger partial charge in [0, 0.05) is 55.2 Å². The number of amides is 1. The average Bonchev–Trinajstić information content (AvgIpc) is 3.28. The Balaban J connectivity index is 1.40. The molecule has 7 nitrogen and oxygen atoms in total. The quantitative estimate of drug-likeness (QED) is 0.451. The van der Waals surface area contributed by atoms with Gasteiger partial charge in [0.2, 0.25) is 0 Å². The van der Waals surface area contributed by atoms with Crippen LogP contribution in [0.3, 0.4) is 0 Å². The van der Waals surface area contributed by atoms with E-state index in [4.69, 9.17) is 4.74 Å². The van der Waals surface area contributed by atoms with Crippen molar-refractivity contribution in [2.45, 2.75) is 24.9 Å². The van der Waals surface area contributed by atoms with Gasteiger partial charge >= 0.3 is 0 Å². The second-order valence-corrected chi connectivity index (χ2v) is 8.57. The zero-order chi connectivity index (χ0) is 23.5. The minimum atomic E-state index is -0.532. The molecule has 2 aromatic heterocycles. The molecule has 0 unspecified atom stereocenters. The minimum absolute atomic E-state index is 0.254. The summed E-state index contributed by atoms with van der Waals surface area (Å²) in [4.78, 5) is 17.8. The van der Waals surface area contributed by atoms with Gasteiger partial charge in [0.15, 0.2) is 0 Å². The number of aromatic nitrogens is 3. The van der Waals surface area contributed by atoms with Crippen LogP contribution in [0.5, 0.6) is 0 Å². The van der Waals surface area contributed by atoms with Crippen LogP contribution in [0.4, 0.5) is 10.2 Å². The Morgan fingerprint density at radius 3 is 2.71 bits per heavy atom. The van der Waals surface area contributed by atoms with E-state index in [2.05, 4.69) is 20.7 Å². The van der Waals surface area contributed by atoms with Crippen molar-refractivity contribution in [3.63, 3.8) is 0 Å². The van der Waals surface area contributed by atoms with Gasteiger partial charge in [-0.05, 0) is 54.1 Å². The third-order valence-corrected chi connectivity index (χ3v) is 6.07. The lowest BCUT2D eigenvalue weighted by molar-refractivity contribution is 0.0903. The van der Waals surface area contributed by atoms with Gasteiger partial charge in [-0.2, -0.15) is 5.10 Å². The Labute approximate surface area is 197 Å². The van der Waals surface area contributed by atoms with Crippen LogP contribution in [-0.2, 0) is 11.8 Å². The molecule has 1 aliphatic rings. The van der Waals surface area contributed by atoms with E-state index in [9.17, 15) is 9.18 Å². The summed E-state index contributed by atoms with van der Waals surface area (Å²) in [5.41, 5.74) is 1.93. The molecule has 0 saturated carbocycles. The molecule has 1 fully saturated rings. The van der Waals surface area contributed by atoms with Gasteiger partial charge in [0.1, 0.15) is 11.6 Å². The van der Waals surface area contributed by atoms with E-state index in [0.29, 0.717) is 17.2 Å². The Morgan fingerprint density at radius 1 is 1.09 bits per heavy atom. The first-order valence-corrected chi connectivity index (χ1v) is 11.3. The van der Waals surface area contributed by atoms with Crippen molar-refractivity contribution in [1.29, 1.82) is 0 Å². The molecule has 1 atom stereocenters. The highest BCUT2D eigenvalue weighted by Crippen LogP contribution is 2.25. The lowest BCUT2D eigenvalue weighted by Gasteiger charge is -2.23. The number of hydrogen-bond donors (Lipinski definition) is 2. The van der Waals surface area contributed by atoms with Gasteiger partial charge < -0.3 is 15.4 Å². The molecule has 1 amide bonds. The minimum Gasteiger partial charge on any atom is -0.381 e. The van der Waals surface area contributed by atoms with Crippen molar-refractivity contribution in [3.05, 3.63) is 89.6 Å². The second kappa shape index (κ2) is 9.61. The SMILES string of the molecule is Cn1cc([C@@H](NC(=O)c2ccc3cnc(NC4CCOCC4)cc3c2)c2cccc(F)c2)cn1. The first-order valence-electron chi connectivity index (χ1n) is 11.3. The van der Waals surface area contributed by atoms with Crippen LogP contribution in [-0.4, -0.2) is 39.9 Å². The molecule has 34 heavy (non-hydrogen) atoms. The first-order chi connectivity index (χ1) is 16.5. The number of ether oxygens (including phenoxy) is 1.